The zero-order chi connectivity index (χ0) is 18.9. The number of hydrogen-bond acceptors (Lipinski definition) is 4. The zero-order valence-corrected chi connectivity index (χ0v) is 15.5. The van der Waals surface area contributed by atoms with Gasteiger partial charge in [0.25, 0.3) is 0 Å². The van der Waals surface area contributed by atoms with Crippen LogP contribution in [-0.2, 0) is 17.9 Å². The lowest BCUT2D eigenvalue weighted by Gasteiger charge is -2.13. The van der Waals surface area contributed by atoms with Crippen LogP contribution in [0.4, 0.5) is 5.69 Å². The minimum absolute atomic E-state index is 0.160. The van der Waals surface area contributed by atoms with E-state index in [2.05, 4.69) is 26.5 Å². The van der Waals surface area contributed by atoms with Crippen LogP contribution in [0.25, 0.3) is 11.8 Å². The Morgan fingerprint density at radius 3 is 2.75 bits per heavy atom. The van der Waals surface area contributed by atoms with Gasteiger partial charge in [0.05, 0.1) is 11.9 Å². The Bertz CT molecular complexity index is 1040. The molecule has 1 amide bonds. The molecule has 28 heavy (non-hydrogen) atoms. The van der Waals surface area contributed by atoms with Gasteiger partial charge in [0.1, 0.15) is 5.69 Å². The molecule has 1 aromatic heterocycles. The van der Waals surface area contributed by atoms with Crippen LogP contribution in [-0.4, -0.2) is 31.8 Å². The molecule has 0 atom stereocenters. The maximum absolute atomic E-state index is 12.4. The van der Waals surface area contributed by atoms with Gasteiger partial charge < -0.3 is 5.32 Å². The first-order valence-corrected chi connectivity index (χ1v) is 9.58. The first-order valence-electron chi connectivity index (χ1n) is 9.58. The summed E-state index contributed by atoms with van der Waals surface area (Å²) < 4.78 is 0. The lowest BCUT2D eigenvalue weighted by atomic mass is 10.1. The molecule has 0 saturated heterocycles. The zero-order valence-electron chi connectivity index (χ0n) is 15.5. The summed E-state index contributed by atoms with van der Waals surface area (Å²) in [6.45, 7) is 1.91. The van der Waals surface area contributed by atoms with Crippen LogP contribution in [0, 0.1) is 0 Å². The maximum Gasteiger partial charge on any atom is 0.248 e. The number of nitrogens with zero attached hydrogens (tertiary/aromatic N) is 4. The predicted octanol–water partition coefficient (Wildman–Crippen LogP) is 3.40. The highest BCUT2D eigenvalue weighted by Crippen LogP contribution is 2.37. The molecule has 140 valence electrons. The first-order chi connectivity index (χ1) is 13.8. The van der Waals surface area contributed by atoms with E-state index in [1.54, 1.807) is 17.1 Å². The van der Waals surface area contributed by atoms with Crippen molar-refractivity contribution in [2.75, 3.05) is 5.32 Å². The third-order valence-corrected chi connectivity index (χ3v) is 5.23. The third-order valence-electron chi connectivity index (χ3n) is 5.23. The molecule has 3 aromatic rings. The van der Waals surface area contributed by atoms with E-state index in [1.165, 1.54) is 30.0 Å². The highest BCUT2D eigenvalue weighted by molar-refractivity contribution is 6.02. The average Bonchev–Trinajstić information content (AvgIpc) is 3.30. The van der Waals surface area contributed by atoms with E-state index in [4.69, 9.17) is 0 Å². The van der Waals surface area contributed by atoms with Crippen LogP contribution in [0.1, 0.15) is 29.7 Å². The number of carbonyl (C=O) groups excluding carboxylic acids is 1. The number of para-hydroxylation sites is 1. The van der Waals surface area contributed by atoms with Crippen molar-refractivity contribution >= 4 is 17.7 Å². The van der Waals surface area contributed by atoms with E-state index >= 15 is 0 Å². The standard InChI is InChI=1S/C22H21N5O/c28-22(12-9-17-13-23-27(25-17)19-6-2-1-3-7-19)24-21-8-4-5-16-14-26(15-20(16)21)18-10-11-18/h1-9,12-13,18H,10-11,14-15H2,(H,24,28)/b12-9+. The topological polar surface area (TPSA) is 63.1 Å². The molecule has 5 rings (SSSR count). The lowest BCUT2D eigenvalue weighted by molar-refractivity contribution is -0.111. The Kier molecular flexibility index (Phi) is 4.25. The van der Waals surface area contributed by atoms with Crippen LogP contribution in [0.2, 0.25) is 0 Å². The van der Waals surface area contributed by atoms with Gasteiger partial charge in [0.15, 0.2) is 0 Å². The van der Waals surface area contributed by atoms with Gasteiger partial charge in [0, 0.05) is 30.9 Å². The van der Waals surface area contributed by atoms with E-state index in [9.17, 15) is 4.79 Å². The summed E-state index contributed by atoms with van der Waals surface area (Å²) in [5.74, 6) is -0.160. The summed E-state index contributed by atoms with van der Waals surface area (Å²) in [6, 6.07) is 16.6. The molecule has 2 heterocycles. The summed E-state index contributed by atoms with van der Waals surface area (Å²) in [5, 5.41) is 11.7. The highest BCUT2D eigenvalue weighted by atomic mass is 16.1. The number of benzene rings is 2. The largest absolute Gasteiger partial charge is 0.322 e. The number of hydrogen-bond donors (Lipinski definition) is 1. The molecule has 1 aliphatic carbocycles. The lowest BCUT2D eigenvalue weighted by Crippen LogP contribution is -2.18. The molecule has 1 N–H and O–H groups in total. The molecule has 6 heteroatoms. The van der Waals surface area contributed by atoms with Crippen LogP contribution in [0.3, 0.4) is 0 Å². The molecule has 1 aliphatic heterocycles. The highest BCUT2D eigenvalue weighted by Gasteiger charge is 2.33. The summed E-state index contributed by atoms with van der Waals surface area (Å²) in [5.41, 5.74) is 4.98. The van der Waals surface area contributed by atoms with Crippen molar-refractivity contribution in [3.8, 4) is 5.69 Å². The number of anilines is 1. The number of nitrogens with one attached hydrogen (secondary N) is 1. The molecule has 1 saturated carbocycles. The quantitative estimate of drug-likeness (QED) is 0.698. The molecule has 0 unspecified atom stereocenters. The molecule has 1 fully saturated rings. The molecule has 2 aliphatic rings. The van der Waals surface area contributed by atoms with Crippen molar-refractivity contribution in [3.05, 3.63) is 77.6 Å². The van der Waals surface area contributed by atoms with Crippen molar-refractivity contribution in [3.63, 3.8) is 0 Å². The Morgan fingerprint density at radius 1 is 1.07 bits per heavy atom. The Balaban J connectivity index is 1.26. The second-order valence-electron chi connectivity index (χ2n) is 7.30. The second-order valence-corrected chi connectivity index (χ2v) is 7.30. The van der Waals surface area contributed by atoms with Crippen molar-refractivity contribution in [1.29, 1.82) is 0 Å². The summed E-state index contributed by atoms with van der Waals surface area (Å²) in [4.78, 5) is 16.5. The fourth-order valence-corrected chi connectivity index (χ4v) is 3.63. The van der Waals surface area contributed by atoms with Crippen molar-refractivity contribution in [1.82, 2.24) is 19.9 Å². The van der Waals surface area contributed by atoms with Gasteiger partial charge in [-0.2, -0.15) is 9.90 Å². The Hall–Kier alpha value is -3.25. The predicted molar refractivity (Wildman–Crippen MR) is 108 cm³/mol. The van der Waals surface area contributed by atoms with E-state index in [-0.39, 0.29) is 5.91 Å². The molecule has 2 aromatic carbocycles. The van der Waals surface area contributed by atoms with Gasteiger partial charge in [-0.15, -0.1) is 5.10 Å². The summed E-state index contributed by atoms with van der Waals surface area (Å²) in [7, 11) is 0. The summed E-state index contributed by atoms with van der Waals surface area (Å²) >= 11 is 0. The van der Waals surface area contributed by atoms with Crippen molar-refractivity contribution < 1.29 is 4.79 Å². The van der Waals surface area contributed by atoms with Crippen LogP contribution in [0.15, 0.2) is 60.8 Å². The maximum atomic E-state index is 12.4. The first kappa shape index (κ1) is 16.9. The number of aromatic nitrogens is 3. The Morgan fingerprint density at radius 2 is 1.93 bits per heavy atom. The fourth-order valence-electron chi connectivity index (χ4n) is 3.63. The van der Waals surface area contributed by atoms with Crippen molar-refractivity contribution in [2.45, 2.75) is 32.0 Å². The molecular formula is C22H21N5O. The number of carbonyl (C=O) groups is 1. The number of fused-ring (bicyclic) bond motifs is 1. The van der Waals surface area contributed by atoms with Crippen LogP contribution in [0.5, 0.6) is 0 Å². The van der Waals surface area contributed by atoms with Crippen molar-refractivity contribution in [2.24, 2.45) is 0 Å². The van der Waals surface area contributed by atoms with E-state index in [0.717, 1.165) is 30.5 Å². The Labute approximate surface area is 163 Å². The third kappa shape index (κ3) is 3.46. The van der Waals surface area contributed by atoms with Gasteiger partial charge >= 0.3 is 0 Å². The molecule has 0 spiro atoms. The minimum Gasteiger partial charge on any atom is -0.322 e. The van der Waals surface area contributed by atoms with Gasteiger partial charge in [-0.05, 0) is 48.2 Å². The average molecular weight is 371 g/mol. The second kappa shape index (κ2) is 7.05. The monoisotopic (exact) mass is 371 g/mol. The van der Waals surface area contributed by atoms with Gasteiger partial charge in [-0.3, -0.25) is 9.69 Å². The van der Waals surface area contributed by atoms with E-state index in [1.807, 2.05) is 42.5 Å². The normalized spacial score (nSPS) is 16.4. The molecule has 0 radical (unpaired) electrons. The minimum atomic E-state index is -0.160. The van der Waals surface area contributed by atoms with Crippen LogP contribution >= 0.6 is 0 Å². The number of rotatable bonds is 5. The van der Waals surface area contributed by atoms with Gasteiger partial charge in [-0.1, -0.05) is 30.3 Å². The SMILES string of the molecule is O=C(/C=C/c1cnn(-c2ccccc2)n1)Nc1cccc2c1CN(C1CC1)C2. The molecule has 0 bridgehead atoms. The summed E-state index contributed by atoms with van der Waals surface area (Å²) in [6.07, 6.45) is 7.42. The number of amides is 1. The van der Waals surface area contributed by atoms with Gasteiger partial charge in [-0.25, -0.2) is 0 Å². The van der Waals surface area contributed by atoms with Gasteiger partial charge in [0.2, 0.25) is 5.91 Å². The van der Waals surface area contributed by atoms with E-state index < -0.39 is 0 Å². The molecule has 6 nitrogen and oxygen atoms in total. The smallest absolute Gasteiger partial charge is 0.248 e. The fraction of sp³-hybridized carbons (Fsp3) is 0.227. The molecular weight excluding hydrogens is 350 g/mol. The van der Waals surface area contributed by atoms with Crippen LogP contribution < -0.4 is 5.32 Å². The van der Waals surface area contributed by atoms with E-state index in [0.29, 0.717) is 5.69 Å².